The summed E-state index contributed by atoms with van der Waals surface area (Å²) in [5.41, 5.74) is 0. The average Bonchev–Trinajstić information content (AvgIpc) is 2.83. The Morgan fingerprint density at radius 3 is 1.62 bits per heavy atom. The topological polar surface area (TPSA) is 43.4 Å². The van der Waals surface area contributed by atoms with E-state index >= 15 is 0 Å². The van der Waals surface area contributed by atoms with Gasteiger partial charge in [0, 0.05) is 15.8 Å². The molecule has 2 aromatic rings. The van der Waals surface area contributed by atoms with Crippen molar-refractivity contribution < 1.29 is 12.6 Å². The first-order valence-corrected chi connectivity index (χ1v) is 15.4. The summed E-state index contributed by atoms with van der Waals surface area (Å²) in [5.74, 6) is 0. The van der Waals surface area contributed by atoms with Crippen LogP contribution in [0, 0.1) is 0 Å². The Kier molecular flexibility index (Phi) is 14.5. The zero-order valence-corrected chi connectivity index (χ0v) is 23.1. The maximum absolute atomic E-state index is 12.6. The van der Waals surface area contributed by atoms with Crippen molar-refractivity contribution in [1.82, 2.24) is 0 Å². The quantitative estimate of drug-likeness (QED) is 0.134. The van der Waals surface area contributed by atoms with Gasteiger partial charge in [-0.05, 0) is 12.5 Å². The Morgan fingerprint density at radius 2 is 1.12 bits per heavy atom. The Labute approximate surface area is 217 Å². The highest BCUT2D eigenvalue weighted by atomic mass is 35.5. The van der Waals surface area contributed by atoms with Crippen LogP contribution in [0.1, 0.15) is 110 Å². The normalized spacial score (nSPS) is 12.0. The van der Waals surface area contributed by atoms with Gasteiger partial charge in [0.2, 0.25) is 0 Å². The highest BCUT2D eigenvalue weighted by Crippen LogP contribution is 2.36. The molecule has 0 aliphatic heterocycles. The van der Waals surface area contributed by atoms with E-state index in [0.29, 0.717) is 10.4 Å². The molecule has 2 rings (SSSR count). The van der Waals surface area contributed by atoms with Crippen LogP contribution in [0.4, 0.5) is 0 Å². The van der Waals surface area contributed by atoms with Crippen LogP contribution in [0.5, 0.6) is 0 Å². The van der Waals surface area contributed by atoms with Crippen molar-refractivity contribution >= 4 is 44.1 Å². The lowest BCUT2D eigenvalue weighted by Gasteiger charge is -2.11. The molecule has 2 aromatic carbocycles. The minimum absolute atomic E-state index is 0.0608. The Morgan fingerprint density at radius 1 is 0.676 bits per heavy atom. The van der Waals surface area contributed by atoms with E-state index < -0.39 is 10.1 Å². The molecular weight excluding hydrogens is 487 g/mol. The maximum Gasteiger partial charge on any atom is 0.298 e. The van der Waals surface area contributed by atoms with Gasteiger partial charge in [-0.2, -0.15) is 8.42 Å². The number of unbranched alkanes of at least 4 members (excludes halogenated alkanes) is 15. The van der Waals surface area contributed by atoms with E-state index in [1.54, 1.807) is 12.1 Å². The summed E-state index contributed by atoms with van der Waals surface area (Å²) in [7, 11) is -3.94. The van der Waals surface area contributed by atoms with Gasteiger partial charge in [-0.15, -0.1) is 0 Å². The number of hydrogen-bond acceptors (Lipinski definition) is 3. The molecule has 0 aliphatic carbocycles. The zero-order valence-electron chi connectivity index (χ0n) is 20.8. The van der Waals surface area contributed by atoms with Gasteiger partial charge in [-0.25, -0.2) is 0 Å². The van der Waals surface area contributed by atoms with Crippen molar-refractivity contribution in [3.63, 3.8) is 0 Å². The van der Waals surface area contributed by atoms with Crippen LogP contribution in [0.3, 0.4) is 0 Å². The first-order chi connectivity index (χ1) is 16.5. The molecule has 0 unspecified atom stereocenters. The van der Waals surface area contributed by atoms with E-state index in [1.165, 1.54) is 89.5 Å². The van der Waals surface area contributed by atoms with Gasteiger partial charge in [-0.3, -0.25) is 4.18 Å². The van der Waals surface area contributed by atoms with Crippen molar-refractivity contribution in [1.29, 1.82) is 0 Å². The number of hydrogen-bond donors (Lipinski definition) is 0. The van der Waals surface area contributed by atoms with Gasteiger partial charge in [0.05, 0.1) is 11.6 Å². The lowest BCUT2D eigenvalue weighted by Crippen LogP contribution is -2.08. The van der Waals surface area contributed by atoms with Gasteiger partial charge in [0.1, 0.15) is 4.90 Å². The predicted octanol–water partition coefficient (Wildman–Crippen LogP) is 10.1. The van der Waals surface area contributed by atoms with Crippen LogP contribution >= 0.6 is 23.2 Å². The minimum Gasteiger partial charge on any atom is -0.266 e. The largest absolute Gasteiger partial charge is 0.298 e. The highest BCUT2D eigenvalue weighted by Gasteiger charge is 2.22. The lowest BCUT2D eigenvalue weighted by molar-refractivity contribution is 0.306. The average molecular weight is 530 g/mol. The van der Waals surface area contributed by atoms with Crippen LogP contribution < -0.4 is 0 Å². The zero-order chi connectivity index (χ0) is 24.7. The summed E-state index contributed by atoms with van der Waals surface area (Å²) in [4.78, 5) is -0.0608. The van der Waals surface area contributed by atoms with E-state index in [2.05, 4.69) is 6.92 Å². The molecule has 192 valence electrons. The van der Waals surface area contributed by atoms with Gasteiger partial charge in [-0.1, -0.05) is 151 Å². The van der Waals surface area contributed by atoms with Gasteiger partial charge in [0.15, 0.2) is 0 Å². The molecule has 0 saturated heterocycles. The van der Waals surface area contributed by atoms with E-state index in [4.69, 9.17) is 27.4 Å². The maximum atomic E-state index is 12.6. The Hall–Kier alpha value is -0.810. The third kappa shape index (κ3) is 10.4. The summed E-state index contributed by atoms with van der Waals surface area (Å²) in [6.45, 7) is 2.44. The molecular formula is C28H42Cl2O3S. The molecule has 0 N–H and O–H groups in total. The van der Waals surface area contributed by atoms with Crippen LogP contribution in [-0.4, -0.2) is 15.0 Å². The standard InChI is InChI=1S/C28H42Cl2O3S/c1-2-3-4-5-6-7-8-9-10-11-12-13-14-15-16-19-22-33-34(31,32)27-23-26(29)24-20-17-18-21-25(24)28(27)30/h17-18,20-21,23H,2-16,19,22H2,1H3. The second kappa shape index (κ2) is 16.8. The highest BCUT2D eigenvalue weighted by molar-refractivity contribution is 7.87. The molecule has 6 heteroatoms. The molecule has 0 saturated carbocycles. The first kappa shape index (κ1) is 29.4. The molecule has 0 atom stereocenters. The van der Waals surface area contributed by atoms with Crippen LogP contribution in [0.25, 0.3) is 10.8 Å². The van der Waals surface area contributed by atoms with E-state index in [-0.39, 0.29) is 16.5 Å². The van der Waals surface area contributed by atoms with Gasteiger partial charge >= 0.3 is 0 Å². The molecule has 0 radical (unpaired) electrons. The Bertz CT molecular complexity index is 944. The van der Waals surface area contributed by atoms with E-state index in [9.17, 15) is 8.42 Å². The van der Waals surface area contributed by atoms with Gasteiger partial charge in [0.25, 0.3) is 10.1 Å². The fourth-order valence-electron chi connectivity index (χ4n) is 4.34. The summed E-state index contributed by atoms with van der Waals surface area (Å²) in [6.07, 6.45) is 20.4. The number of benzene rings is 2. The summed E-state index contributed by atoms with van der Waals surface area (Å²) >= 11 is 12.6. The van der Waals surface area contributed by atoms with E-state index in [0.717, 1.165) is 24.6 Å². The van der Waals surface area contributed by atoms with Crippen molar-refractivity contribution in [2.75, 3.05) is 6.61 Å². The SMILES string of the molecule is CCCCCCCCCCCCCCCCCCOS(=O)(=O)c1cc(Cl)c2ccccc2c1Cl. The number of fused-ring (bicyclic) bond motifs is 1. The van der Waals surface area contributed by atoms with Crippen molar-refractivity contribution in [2.24, 2.45) is 0 Å². The molecule has 0 aromatic heterocycles. The minimum atomic E-state index is -3.94. The molecule has 0 bridgehead atoms. The molecule has 0 fully saturated rings. The monoisotopic (exact) mass is 528 g/mol. The summed E-state index contributed by atoms with van der Waals surface area (Å²) in [5, 5.41) is 1.85. The molecule has 0 aliphatic rings. The molecule has 0 spiro atoms. The summed E-state index contributed by atoms with van der Waals surface area (Å²) in [6, 6.07) is 8.61. The van der Waals surface area contributed by atoms with Crippen LogP contribution in [-0.2, 0) is 14.3 Å². The van der Waals surface area contributed by atoms with E-state index in [1.807, 2.05) is 12.1 Å². The predicted molar refractivity (Wildman–Crippen MR) is 147 cm³/mol. The van der Waals surface area contributed by atoms with Crippen LogP contribution in [0.15, 0.2) is 35.2 Å². The fourth-order valence-corrected chi connectivity index (χ4v) is 6.23. The first-order valence-electron chi connectivity index (χ1n) is 13.2. The smallest absolute Gasteiger partial charge is 0.266 e. The fraction of sp³-hybridized carbons (Fsp3) is 0.643. The molecule has 3 nitrogen and oxygen atoms in total. The van der Waals surface area contributed by atoms with Crippen molar-refractivity contribution in [2.45, 2.75) is 115 Å². The Balaban J connectivity index is 1.52. The number of rotatable bonds is 19. The van der Waals surface area contributed by atoms with Crippen molar-refractivity contribution in [3.05, 3.63) is 40.4 Å². The molecule has 0 amide bonds. The van der Waals surface area contributed by atoms with Crippen LogP contribution in [0.2, 0.25) is 10.0 Å². The number of halogens is 2. The summed E-state index contributed by atoms with van der Waals surface area (Å²) < 4.78 is 30.5. The molecule has 34 heavy (non-hydrogen) atoms. The second-order valence-corrected chi connectivity index (χ2v) is 11.7. The second-order valence-electron chi connectivity index (χ2n) is 9.30. The van der Waals surface area contributed by atoms with Gasteiger partial charge < -0.3 is 0 Å². The van der Waals surface area contributed by atoms with Crippen molar-refractivity contribution in [3.8, 4) is 0 Å². The third-order valence-electron chi connectivity index (χ3n) is 6.40. The molecule has 0 heterocycles. The lowest BCUT2D eigenvalue weighted by atomic mass is 10.0. The third-order valence-corrected chi connectivity index (χ3v) is 8.57.